The molecule has 81 valence electrons. The molecule has 0 heterocycles. The maximum atomic E-state index is 12.8. The van der Waals surface area contributed by atoms with E-state index in [9.17, 15) is 26.7 Å². The Hall–Kier alpha value is -1.66. The van der Waals surface area contributed by atoms with Crippen LogP contribution < -0.4 is 4.74 Å². The zero-order valence-corrected chi connectivity index (χ0v) is 6.91. The van der Waals surface area contributed by atoms with Crippen molar-refractivity contribution in [3.8, 4) is 5.75 Å². The Bertz CT molecular complexity index is 376. The van der Waals surface area contributed by atoms with Gasteiger partial charge in [-0.3, -0.25) is 4.79 Å². The Morgan fingerprint density at radius 1 is 0.867 bits per heavy atom. The summed E-state index contributed by atoms with van der Waals surface area (Å²) in [6.07, 6.45) is 1.08. The van der Waals surface area contributed by atoms with Crippen molar-refractivity contribution in [2.24, 2.45) is 0 Å². The Morgan fingerprint density at radius 3 is 1.67 bits per heavy atom. The van der Waals surface area contributed by atoms with Gasteiger partial charge in [-0.2, -0.15) is 8.78 Å². The van der Waals surface area contributed by atoms with Gasteiger partial charge in [0.15, 0.2) is 12.4 Å². The van der Waals surface area contributed by atoms with Gasteiger partial charge in [-0.25, -0.2) is 13.2 Å². The first-order valence-corrected chi connectivity index (χ1v) is 3.50. The van der Waals surface area contributed by atoms with Gasteiger partial charge in [0.05, 0.1) is 0 Å². The molecule has 0 fully saturated rings. The van der Waals surface area contributed by atoms with Crippen LogP contribution in [0.5, 0.6) is 5.75 Å². The van der Waals surface area contributed by atoms with E-state index in [-0.39, 0.29) is 0 Å². The monoisotopic (exact) mass is 225 g/mol. The third-order valence-corrected chi connectivity index (χ3v) is 1.44. The summed E-state index contributed by atoms with van der Waals surface area (Å²) in [6.45, 7) is -0.932. The maximum absolute atomic E-state index is 12.8. The molecule has 1 aromatic carbocycles. The smallest absolute Gasteiger partial charge is 0.239 e. The SMILES string of the molecule is O=[C]COc1c(F)c(F)c(F)c(F)c1F. The van der Waals surface area contributed by atoms with Crippen LogP contribution in [0, 0.1) is 29.1 Å². The summed E-state index contributed by atoms with van der Waals surface area (Å²) >= 11 is 0. The predicted octanol–water partition coefficient (Wildman–Crippen LogP) is 1.87. The minimum absolute atomic E-state index is 0.932. The first kappa shape index (κ1) is 11.4. The molecule has 2 nitrogen and oxygen atoms in total. The highest BCUT2D eigenvalue weighted by atomic mass is 19.2. The number of benzene rings is 1. The average molecular weight is 225 g/mol. The summed E-state index contributed by atoms with van der Waals surface area (Å²) in [5.41, 5.74) is 0. The van der Waals surface area contributed by atoms with E-state index in [1.165, 1.54) is 0 Å². The second-order valence-electron chi connectivity index (χ2n) is 2.33. The quantitative estimate of drug-likeness (QED) is 0.446. The van der Waals surface area contributed by atoms with E-state index in [4.69, 9.17) is 0 Å². The van der Waals surface area contributed by atoms with E-state index in [1.54, 1.807) is 0 Å². The fraction of sp³-hybridized carbons (Fsp3) is 0.125. The van der Waals surface area contributed by atoms with Crippen LogP contribution in [0.15, 0.2) is 0 Å². The minimum atomic E-state index is -2.28. The van der Waals surface area contributed by atoms with Crippen LogP contribution in [0.25, 0.3) is 0 Å². The topological polar surface area (TPSA) is 26.3 Å². The van der Waals surface area contributed by atoms with Crippen LogP contribution in [0.2, 0.25) is 0 Å². The molecule has 0 aliphatic rings. The minimum Gasteiger partial charge on any atom is -0.479 e. The van der Waals surface area contributed by atoms with Gasteiger partial charge in [0.1, 0.15) is 0 Å². The molecule has 15 heavy (non-hydrogen) atoms. The zero-order chi connectivity index (χ0) is 11.6. The molecule has 1 aromatic rings. The van der Waals surface area contributed by atoms with Crippen molar-refractivity contribution in [2.75, 3.05) is 6.61 Å². The fourth-order valence-electron chi connectivity index (χ4n) is 0.813. The van der Waals surface area contributed by atoms with E-state index in [0.717, 1.165) is 6.29 Å². The second-order valence-corrected chi connectivity index (χ2v) is 2.33. The number of carbonyl (C=O) groups excluding carboxylic acids is 1. The third-order valence-electron chi connectivity index (χ3n) is 1.44. The molecule has 0 spiro atoms. The highest BCUT2D eigenvalue weighted by molar-refractivity contribution is 5.52. The number of halogens is 5. The number of hydrogen-bond donors (Lipinski definition) is 0. The lowest BCUT2D eigenvalue weighted by Gasteiger charge is -2.07. The van der Waals surface area contributed by atoms with Crippen molar-refractivity contribution in [1.82, 2.24) is 0 Å². The molecule has 7 heteroatoms. The molecule has 0 unspecified atom stereocenters. The molecule has 1 radical (unpaired) electrons. The number of rotatable bonds is 3. The Labute approximate surface area is 80.3 Å². The Balaban J connectivity index is 3.31. The normalized spacial score (nSPS) is 10.2. The summed E-state index contributed by atoms with van der Waals surface area (Å²) in [7, 11) is 0. The molecule has 0 amide bonds. The maximum Gasteiger partial charge on any atom is 0.239 e. The third kappa shape index (κ3) is 1.90. The first-order chi connectivity index (χ1) is 7.00. The van der Waals surface area contributed by atoms with Crippen molar-refractivity contribution >= 4 is 6.29 Å². The van der Waals surface area contributed by atoms with Gasteiger partial charge in [-0.15, -0.1) is 0 Å². The van der Waals surface area contributed by atoms with Crippen LogP contribution in [-0.4, -0.2) is 12.9 Å². The molecular formula is C8H2F5O2. The lowest BCUT2D eigenvalue weighted by molar-refractivity contribution is 0.290. The standard InChI is InChI=1S/C8H2F5O2/c9-3-4(10)6(12)8(15-2-1-14)7(13)5(3)11/h2H2. The van der Waals surface area contributed by atoms with Crippen molar-refractivity contribution in [3.05, 3.63) is 29.1 Å². The van der Waals surface area contributed by atoms with E-state index in [1.807, 2.05) is 0 Å². The van der Waals surface area contributed by atoms with Crippen molar-refractivity contribution in [3.63, 3.8) is 0 Å². The van der Waals surface area contributed by atoms with E-state index < -0.39 is 41.4 Å². The van der Waals surface area contributed by atoms with Gasteiger partial charge >= 0.3 is 0 Å². The van der Waals surface area contributed by atoms with Crippen molar-refractivity contribution < 1.29 is 31.5 Å². The van der Waals surface area contributed by atoms with Crippen LogP contribution in [0.1, 0.15) is 0 Å². The summed E-state index contributed by atoms with van der Waals surface area (Å²) in [4.78, 5) is 9.68. The fourth-order valence-corrected chi connectivity index (χ4v) is 0.813. The molecule has 0 bridgehead atoms. The first-order valence-electron chi connectivity index (χ1n) is 3.50. The molecule has 0 saturated heterocycles. The Morgan fingerprint density at radius 2 is 1.27 bits per heavy atom. The second kappa shape index (κ2) is 4.24. The summed E-state index contributed by atoms with van der Waals surface area (Å²) in [5.74, 6) is -12.3. The van der Waals surface area contributed by atoms with Gasteiger partial charge in [-0.05, 0) is 0 Å². The molecule has 0 atom stereocenters. The highest BCUT2D eigenvalue weighted by Crippen LogP contribution is 2.28. The molecule has 0 aliphatic carbocycles. The van der Waals surface area contributed by atoms with Crippen LogP contribution >= 0.6 is 0 Å². The largest absolute Gasteiger partial charge is 0.479 e. The van der Waals surface area contributed by atoms with Crippen molar-refractivity contribution in [1.29, 1.82) is 0 Å². The van der Waals surface area contributed by atoms with Crippen LogP contribution in [-0.2, 0) is 4.79 Å². The molecular weight excluding hydrogens is 223 g/mol. The molecule has 1 rings (SSSR count). The average Bonchev–Trinajstić information content (AvgIpc) is 2.24. The molecule has 0 aromatic heterocycles. The number of ether oxygens (including phenoxy) is 1. The van der Waals surface area contributed by atoms with Gasteiger partial charge in [-0.1, -0.05) is 0 Å². The van der Waals surface area contributed by atoms with Gasteiger partial charge < -0.3 is 4.74 Å². The Kier molecular flexibility index (Phi) is 3.23. The summed E-state index contributed by atoms with van der Waals surface area (Å²) in [5, 5.41) is 0. The molecule has 0 aliphatic heterocycles. The van der Waals surface area contributed by atoms with Gasteiger partial charge in [0.2, 0.25) is 35.4 Å². The predicted molar refractivity (Wildman–Crippen MR) is 37.4 cm³/mol. The zero-order valence-electron chi connectivity index (χ0n) is 6.91. The van der Waals surface area contributed by atoms with Crippen LogP contribution in [0.3, 0.4) is 0 Å². The molecule has 0 saturated carbocycles. The van der Waals surface area contributed by atoms with Gasteiger partial charge in [0, 0.05) is 0 Å². The lowest BCUT2D eigenvalue weighted by atomic mass is 10.2. The molecule has 0 N–H and O–H groups in total. The van der Waals surface area contributed by atoms with E-state index in [2.05, 4.69) is 4.74 Å². The van der Waals surface area contributed by atoms with E-state index >= 15 is 0 Å². The summed E-state index contributed by atoms with van der Waals surface area (Å²) in [6, 6.07) is 0. The van der Waals surface area contributed by atoms with Crippen molar-refractivity contribution in [2.45, 2.75) is 0 Å². The lowest BCUT2D eigenvalue weighted by Crippen LogP contribution is -2.08. The van der Waals surface area contributed by atoms with E-state index in [0.29, 0.717) is 0 Å². The van der Waals surface area contributed by atoms with Crippen LogP contribution in [0.4, 0.5) is 22.0 Å². The van der Waals surface area contributed by atoms with Gasteiger partial charge in [0.25, 0.3) is 0 Å². The highest BCUT2D eigenvalue weighted by Gasteiger charge is 2.26. The number of hydrogen-bond acceptors (Lipinski definition) is 2. The summed E-state index contributed by atoms with van der Waals surface area (Å²) < 4.78 is 67.0.